The van der Waals surface area contributed by atoms with Crippen molar-refractivity contribution in [1.82, 2.24) is 9.88 Å². The van der Waals surface area contributed by atoms with Crippen LogP contribution in [0.4, 0.5) is 0 Å². The van der Waals surface area contributed by atoms with Crippen LogP contribution in [0.5, 0.6) is 0 Å². The number of nitrogens with two attached hydrogens (primary N) is 1. The highest BCUT2D eigenvalue weighted by atomic mass is 35.5. The zero-order chi connectivity index (χ0) is 15.2. The minimum Gasteiger partial charge on any atom is -0.337 e. The summed E-state index contributed by atoms with van der Waals surface area (Å²) in [6.07, 6.45) is 5.92. The van der Waals surface area contributed by atoms with Crippen LogP contribution in [0, 0.1) is 0 Å². The highest BCUT2D eigenvalue weighted by molar-refractivity contribution is 7.16. The minimum atomic E-state index is 0. The van der Waals surface area contributed by atoms with E-state index < -0.39 is 0 Å². The molecule has 0 atom stereocenters. The first kappa shape index (κ1) is 16.7. The number of thiazole rings is 1. The second-order valence-corrected chi connectivity index (χ2v) is 7.61. The standard InChI is InChI=1S/C17H21N3OS.ClH/c18-13-9-17(10-13)5-1-2-6-20(17)16(21)8-12-3-4-14-15(7-12)22-11-19-14;/h3-4,7,11,13H,1-2,5-6,8-10,18H2;1H. The Kier molecular flexibility index (Phi) is 4.63. The number of benzene rings is 1. The summed E-state index contributed by atoms with van der Waals surface area (Å²) in [5, 5.41) is 0. The number of aromatic nitrogens is 1. The lowest BCUT2D eigenvalue weighted by molar-refractivity contribution is -0.145. The highest BCUT2D eigenvalue weighted by Gasteiger charge is 2.49. The number of fused-ring (bicyclic) bond motifs is 1. The van der Waals surface area contributed by atoms with E-state index in [-0.39, 0.29) is 29.9 Å². The number of rotatable bonds is 2. The number of hydrogen-bond donors (Lipinski definition) is 1. The molecule has 1 aromatic carbocycles. The minimum absolute atomic E-state index is 0. The second-order valence-electron chi connectivity index (χ2n) is 6.73. The van der Waals surface area contributed by atoms with Crippen LogP contribution < -0.4 is 5.73 Å². The zero-order valence-electron chi connectivity index (χ0n) is 13.0. The van der Waals surface area contributed by atoms with Gasteiger partial charge in [0.25, 0.3) is 0 Å². The van der Waals surface area contributed by atoms with E-state index in [1.54, 1.807) is 11.3 Å². The molecule has 2 N–H and O–H groups in total. The van der Waals surface area contributed by atoms with E-state index in [1.165, 1.54) is 6.42 Å². The molecule has 1 saturated carbocycles. The summed E-state index contributed by atoms with van der Waals surface area (Å²) in [5.74, 6) is 0.260. The maximum absolute atomic E-state index is 12.8. The third kappa shape index (κ3) is 2.97. The van der Waals surface area contributed by atoms with Gasteiger partial charge in [0.2, 0.25) is 5.91 Å². The lowest BCUT2D eigenvalue weighted by Crippen LogP contribution is -2.65. The molecule has 4 rings (SSSR count). The number of piperidine rings is 1. The van der Waals surface area contributed by atoms with Gasteiger partial charge in [-0.15, -0.1) is 23.7 Å². The Bertz CT molecular complexity index is 705. The van der Waals surface area contributed by atoms with Crippen molar-refractivity contribution in [3.05, 3.63) is 29.3 Å². The van der Waals surface area contributed by atoms with Gasteiger partial charge in [-0.2, -0.15) is 0 Å². The Morgan fingerprint density at radius 2 is 2.22 bits per heavy atom. The third-order valence-electron chi connectivity index (χ3n) is 5.18. The van der Waals surface area contributed by atoms with Gasteiger partial charge in [-0.05, 0) is 49.8 Å². The van der Waals surface area contributed by atoms with E-state index in [1.807, 2.05) is 17.6 Å². The molecule has 124 valence electrons. The van der Waals surface area contributed by atoms with Gasteiger partial charge in [0.1, 0.15) is 0 Å². The van der Waals surface area contributed by atoms with Crippen molar-refractivity contribution < 1.29 is 4.79 Å². The van der Waals surface area contributed by atoms with Gasteiger partial charge in [0.05, 0.1) is 22.1 Å². The Morgan fingerprint density at radius 1 is 1.39 bits per heavy atom. The molecule has 1 saturated heterocycles. The summed E-state index contributed by atoms with van der Waals surface area (Å²) in [4.78, 5) is 19.3. The largest absolute Gasteiger partial charge is 0.337 e. The fourth-order valence-electron chi connectivity index (χ4n) is 4.11. The number of nitrogens with zero attached hydrogens (tertiary/aromatic N) is 2. The topological polar surface area (TPSA) is 59.2 Å². The first-order valence-corrected chi connectivity index (χ1v) is 8.92. The van der Waals surface area contributed by atoms with Crippen molar-refractivity contribution in [3.63, 3.8) is 0 Å². The van der Waals surface area contributed by atoms with Gasteiger partial charge in [-0.1, -0.05) is 6.07 Å². The highest BCUT2D eigenvalue weighted by Crippen LogP contribution is 2.44. The molecule has 0 unspecified atom stereocenters. The van der Waals surface area contributed by atoms with Crippen molar-refractivity contribution in [3.8, 4) is 0 Å². The Morgan fingerprint density at radius 3 is 3.00 bits per heavy atom. The van der Waals surface area contributed by atoms with Crippen molar-refractivity contribution in [2.45, 2.75) is 50.1 Å². The molecule has 1 aromatic heterocycles. The van der Waals surface area contributed by atoms with Gasteiger partial charge in [0, 0.05) is 18.1 Å². The summed E-state index contributed by atoms with van der Waals surface area (Å²) in [7, 11) is 0. The molecule has 2 aromatic rings. The molecule has 23 heavy (non-hydrogen) atoms. The van der Waals surface area contributed by atoms with E-state index in [2.05, 4.69) is 16.0 Å². The van der Waals surface area contributed by atoms with Crippen molar-refractivity contribution in [2.24, 2.45) is 5.73 Å². The van der Waals surface area contributed by atoms with Gasteiger partial charge in [-0.25, -0.2) is 4.98 Å². The molecule has 2 aliphatic rings. The van der Waals surface area contributed by atoms with E-state index in [9.17, 15) is 4.79 Å². The molecule has 4 nitrogen and oxygen atoms in total. The summed E-state index contributed by atoms with van der Waals surface area (Å²) < 4.78 is 1.16. The third-order valence-corrected chi connectivity index (χ3v) is 5.97. The number of carbonyl (C=O) groups excluding carboxylic acids is 1. The van der Waals surface area contributed by atoms with Gasteiger partial charge in [0.15, 0.2) is 0 Å². The van der Waals surface area contributed by atoms with E-state index in [0.29, 0.717) is 6.42 Å². The van der Waals surface area contributed by atoms with Crippen LogP contribution in [-0.2, 0) is 11.2 Å². The number of likely N-dealkylation sites (tertiary alicyclic amines) is 1. The Hall–Kier alpha value is -1.17. The second kappa shape index (κ2) is 6.38. The molecular formula is C17H22ClN3OS. The Balaban J connectivity index is 0.00000156. The first-order chi connectivity index (χ1) is 10.7. The van der Waals surface area contributed by atoms with Crippen LogP contribution in [0.15, 0.2) is 23.7 Å². The fraction of sp³-hybridized carbons (Fsp3) is 0.529. The Labute approximate surface area is 146 Å². The zero-order valence-corrected chi connectivity index (χ0v) is 14.7. The summed E-state index contributed by atoms with van der Waals surface area (Å²) >= 11 is 1.63. The molecule has 2 heterocycles. The number of halogens is 1. The smallest absolute Gasteiger partial charge is 0.227 e. The lowest BCUT2D eigenvalue weighted by Gasteiger charge is -2.56. The maximum atomic E-state index is 12.8. The fourth-order valence-corrected chi connectivity index (χ4v) is 4.85. The number of carbonyl (C=O) groups is 1. The van der Waals surface area contributed by atoms with Crippen LogP contribution in [-0.4, -0.2) is 33.9 Å². The summed E-state index contributed by atoms with van der Waals surface area (Å²) in [5.41, 5.74) is 10.0. The molecule has 1 amide bonds. The molecule has 0 radical (unpaired) electrons. The average Bonchev–Trinajstić information content (AvgIpc) is 2.94. The maximum Gasteiger partial charge on any atom is 0.227 e. The molecular weight excluding hydrogens is 330 g/mol. The first-order valence-electron chi connectivity index (χ1n) is 8.04. The lowest BCUT2D eigenvalue weighted by atomic mass is 9.67. The monoisotopic (exact) mass is 351 g/mol. The molecule has 2 fully saturated rings. The van der Waals surface area contributed by atoms with Crippen LogP contribution >= 0.6 is 23.7 Å². The predicted molar refractivity (Wildman–Crippen MR) is 96.1 cm³/mol. The quantitative estimate of drug-likeness (QED) is 0.904. The molecule has 1 spiro atoms. The van der Waals surface area contributed by atoms with Crippen molar-refractivity contribution >= 4 is 39.9 Å². The average molecular weight is 352 g/mol. The SMILES string of the molecule is Cl.NC1CC2(CCCCN2C(=O)Cc2ccc3ncsc3c2)C1. The predicted octanol–water partition coefficient (Wildman–Crippen LogP) is 3.13. The molecule has 1 aliphatic carbocycles. The van der Waals surface area contributed by atoms with Crippen LogP contribution in [0.3, 0.4) is 0 Å². The van der Waals surface area contributed by atoms with Gasteiger partial charge < -0.3 is 10.6 Å². The molecule has 6 heteroatoms. The van der Waals surface area contributed by atoms with E-state index in [0.717, 1.165) is 48.0 Å². The normalized spacial score (nSPS) is 26.8. The van der Waals surface area contributed by atoms with Gasteiger partial charge >= 0.3 is 0 Å². The van der Waals surface area contributed by atoms with Crippen molar-refractivity contribution in [1.29, 1.82) is 0 Å². The summed E-state index contributed by atoms with van der Waals surface area (Å²) in [6, 6.07) is 6.43. The summed E-state index contributed by atoms with van der Waals surface area (Å²) in [6.45, 7) is 0.897. The van der Waals surface area contributed by atoms with E-state index >= 15 is 0 Å². The molecule has 1 aliphatic heterocycles. The van der Waals surface area contributed by atoms with Crippen LogP contribution in [0.25, 0.3) is 10.2 Å². The van der Waals surface area contributed by atoms with E-state index in [4.69, 9.17) is 5.73 Å². The number of hydrogen-bond acceptors (Lipinski definition) is 4. The van der Waals surface area contributed by atoms with Gasteiger partial charge in [-0.3, -0.25) is 4.79 Å². The van der Waals surface area contributed by atoms with Crippen molar-refractivity contribution in [2.75, 3.05) is 6.54 Å². The van der Waals surface area contributed by atoms with Crippen LogP contribution in [0.1, 0.15) is 37.7 Å². The van der Waals surface area contributed by atoms with Crippen LogP contribution in [0.2, 0.25) is 0 Å². The molecule has 0 bridgehead atoms. The number of amides is 1.